The van der Waals surface area contributed by atoms with Crippen molar-refractivity contribution >= 4 is 11.6 Å². The fraction of sp³-hybridized carbons (Fsp3) is 0.136. The molecule has 3 aromatic rings. The first-order valence-corrected chi connectivity index (χ1v) is 8.58. The number of halogens is 4. The zero-order valence-electron chi connectivity index (χ0n) is 14.9. The summed E-state index contributed by atoms with van der Waals surface area (Å²) in [7, 11) is 0. The number of amides is 1. The second-order valence-electron chi connectivity index (χ2n) is 6.39. The highest BCUT2D eigenvalue weighted by Crippen LogP contribution is 2.31. The van der Waals surface area contributed by atoms with Gasteiger partial charge < -0.3 is 5.32 Å². The number of carbonyl (C=O) groups is 1. The second-order valence-corrected chi connectivity index (χ2v) is 6.39. The van der Waals surface area contributed by atoms with E-state index in [2.05, 4.69) is 5.32 Å². The highest BCUT2D eigenvalue weighted by atomic mass is 19.4. The fourth-order valence-corrected chi connectivity index (χ4v) is 2.83. The molecule has 0 fully saturated rings. The highest BCUT2D eigenvalue weighted by Gasteiger charge is 2.30. The lowest BCUT2D eigenvalue weighted by Crippen LogP contribution is -2.19. The number of anilines is 1. The summed E-state index contributed by atoms with van der Waals surface area (Å²) in [5.41, 5.74) is 0.744. The van der Waals surface area contributed by atoms with E-state index in [1.165, 1.54) is 18.2 Å². The van der Waals surface area contributed by atoms with Crippen molar-refractivity contribution in [2.75, 3.05) is 5.32 Å². The summed E-state index contributed by atoms with van der Waals surface area (Å²) in [6.45, 7) is 1.57. The van der Waals surface area contributed by atoms with E-state index in [9.17, 15) is 22.4 Å². The molecule has 6 heteroatoms. The molecular weight excluding hydrogens is 370 g/mol. The van der Waals surface area contributed by atoms with Crippen molar-refractivity contribution in [1.82, 2.24) is 0 Å². The van der Waals surface area contributed by atoms with Gasteiger partial charge in [-0.1, -0.05) is 48.5 Å². The fourth-order valence-electron chi connectivity index (χ4n) is 2.83. The monoisotopic (exact) mass is 387 g/mol. The molecule has 0 heterocycles. The molecule has 0 bridgehead atoms. The quantitative estimate of drug-likeness (QED) is 0.527. The minimum atomic E-state index is -4.50. The predicted octanol–water partition coefficient (Wildman–Crippen LogP) is 6.25. The van der Waals surface area contributed by atoms with Gasteiger partial charge in [-0.3, -0.25) is 4.79 Å². The lowest BCUT2D eigenvalue weighted by Gasteiger charge is -2.15. The van der Waals surface area contributed by atoms with Crippen LogP contribution in [0.4, 0.5) is 23.2 Å². The molecule has 3 aromatic carbocycles. The van der Waals surface area contributed by atoms with Crippen LogP contribution < -0.4 is 5.32 Å². The summed E-state index contributed by atoms with van der Waals surface area (Å²) in [5.74, 6) is -1.73. The van der Waals surface area contributed by atoms with Crippen LogP contribution in [0.15, 0.2) is 72.8 Å². The van der Waals surface area contributed by atoms with E-state index < -0.39 is 29.4 Å². The third kappa shape index (κ3) is 4.39. The Labute approximate surface area is 159 Å². The summed E-state index contributed by atoms with van der Waals surface area (Å²) in [5, 5.41) is 2.46. The third-order valence-corrected chi connectivity index (χ3v) is 4.43. The zero-order valence-corrected chi connectivity index (χ0v) is 14.9. The van der Waals surface area contributed by atoms with E-state index in [1.54, 1.807) is 43.3 Å². The number of hydrogen-bond donors (Lipinski definition) is 1. The van der Waals surface area contributed by atoms with Crippen LogP contribution in [-0.4, -0.2) is 5.91 Å². The summed E-state index contributed by atoms with van der Waals surface area (Å²) < 4.78 is 52.9. The van der Waals surface area contributed by atoms with Crippen LogP contribution in [0.1, 0.15) is 24.0 Å². The van der Waals surface area contributed by atoms with Gasteiger partial charge in [0.2, 0.25) is 5.91 Å². The summed E-state index contributed by atoms with van der Waals surface area (Å²) >= 11 is 0. The maximum atomic E-state index is 14.5. The van der Waals surface area contributed by atoms with Gasteiger partial charge in [-0.05, 0) is 42.3 Å². The Hall–Kier alpha value is -3.15. The maximum Gasteiger partial charge on any atom is 0.416 e. The van der Waals surface area contributed by atoms with E-state index in [0.717, 1.165) is 12.1 Å². The molecule has 0 aliphatic heterocycles. The van der Waals surface area contributed by atoms with Gasteiger partial charge in [0.1, 0.15) is 5.82 Å². The van der Waals surface area contributed by atoms with Gasteiger partial charge in [0.25, 0.3) is 0 Å². The standard InChI is InChI=1S/C22H17F4NO/c1-14(21(28)27-18-9-5-8-17(13-18)22(24,25)26)16-10-11-19(20(23)12-16)15-6-3-2-4-7-15/h2-14H,1H3,(H,27,28). The molecule has 0 saturated heterocycles. The lowest BCUT2D eigenvalue weighted by molar-refractivity contribution is -0.137. The molecule has 3 rings (SSSR count). The first kappa shape index (κ1) is 19.6. The topological polar surface area (TPSA) is 29.1 Å². The first-order chi connectivity index (χ1) is 13.3. The second kappa shape index (κ2) is 7.84. The van der Waals surface area contributed by atoms with E-state index >= 15 is 0 Å². The Kier molecular flexibility index (Phi) is 5.49. The van der Waals surface area contributed by atoms with E-state index in [0.29, 0.717) is 16.7 Å². The number of nitrogens with one attached hydrogen (secondary N) is 1. The Morgan fingerprint density at radius 3 is 2.29 bits per heavy atom. The van der Waals surface area contributed by atoms with Crippen LogP contribution >= 0.6 is 0 Å². The average molecular weight is 387 g/mol. The molecular formula is C22H17F4NO. The number of rotatable bonds is 4. The molecule has 0 spiro atoms. The summed E-state index contributed by atoms with van der Waals surface area (Å²) in [6.07, 6.45) is -4.50. The molecule has 144 valence electrons. The zero-order chi connectivity index (χ0) is 20.3. The molecule has 0 aromatic heterocycles. The van der Waals surface area contributed by atoms with Gasteiger partial charge >= 0.3 is 6.18 Å². The van der Waals surface area contributed by atoms with E-state index in [1.807, 2.05) is 6.07 Å². The van der Waals surface area contributed by atoms with Crippen LogP contribution in [0.2, 0.25) is 0 Å². The summed E-state index contributed by atoms with van der Waals surface area (Å²) in [4.78, 5) is 12.4. The van der Waals surface area contributed by atoms with Gasteiger partial charge in [0, 0.05) is 11.3 Å². The Morgan fingerprint density at radius 1 is 0.929 bits per heavy atom. The average Bonchev–Trinajstić information content (AvgIpc) is 2.67. The Balaban J connectivity index is 1.78. The van der Waals surface area contributed by atoms with E-state index in [4.69, 9.17) is 0 Å². The normalized spacial score (nSPS) is 12.5. The molecule has 0 radical (unpaired) electrons. The first-order valence-electron chi connectivity index (χ1n) is 8.58. The van der Waals surface area contributed by atoms with Crippen LogP contribution in [0, 0.1) is 5.82 Å². The number of alkyl halides is 3. The van der Waals surface area contributed by atoms with Crippen LogP contribution in [0.3, 0.4) is 0 Å². The van der Waals surface area contributed by atoms with Crippen molar-refractivity contribution in [2.45, 2.75) is 19.0 Å². The SMILES string of the molecule is CC(C(=O)Nc1cccc(C(F)(F)F)c1)c1ccc(-c2ccccc2)c(F)c1. The Bertz CT molecular complexity index is 983. The molecule has 2 nitrogen and oxygen atoms in total. The van der Waals surface area contributed by atoms with Gasteiger partial charge in [-0.15, -0.1) is 0 Å². The maximum absolute atomic E-state index is 14.5. The molecule has 1 amide bonds. The van der Waals surface area contributed by atoms with Crippen molar-refractivity contribution in [3.63, 3.8) is 0 Å². The molecule has 1 unspecified atom stereocenters. The minimum absolute atomic E-state index is 0.0352. The molecule has 28 heavy (non-hydrogen) atoms. The number of benzene rings is 3. The Morgan fingerprint density at radius 2 is 1.64 bits per heavy atom. The van der Waals surface area contributed by atoms with Crippen molar-refractivity contribution in [3.8, 4) is 11.1 Å². The number of carbonyl (C=O) groups excluding carboxylic acids is 1. The lowest BCUT2D eigenvalue weighted by atomic mass is 9.96. The van der Waals surface area contributed by atoms with Gasteiger partial charge in [-0.2, -0.15) is 13.2 Å². The van der Waals surface area contributed by atoms with Crippen molar-refractivity contribution in [1.29, 1.82) is 0 Å². The third-order valence-electron chi connectivity index (χ3n) is 4.43. The minimum Gasteiger partial charge on any atom is -0.326 e. The van der Waals surface area contributed by atoms with Gasteiger partial charge in [0.05, 0.1) is 11.5 Å². The molecule has 1 N–H and O–H groups in total. The van der Waals surface area contributed by atoms with E-state index in [-0.39, 0.29) is 5.69 Å². The smallest absolute Gasteiger partial charge is 0.326 e. The van der Waals surface area contributed by atoms with Crippen molar-refractivity contribution < 1.29 is 22.4 Å². The van der Waals surface area contributed by atoms with Crippen LogP contribution in [0.5, 0.6) is 0 Å². The highest BCUT2D eigenvalue weighted by molar-refractivity contribution is 5.95. The molecule has 0 aliphatic carbocycles. The predicted molar refractivity (Wildman–Crippen MR) is 100 cm³/mol. The molecule has 0 aliphatic rings. The van der Waals surface area contributed by atoms with Crippen LogP contribution in [-0.2, 0) is 11.0 Å². The van der Waals surface area contributed by atoms with Crippen molar-refractivity contribution in [2.24, 2.45) is 0 Å². The molecule has 0 saturated carbocycles. The number of hydrogen-bond acceptors (Lipinski definition) is 1. The van der Waals surface area contributed by atoms with Gasteiger partial charge in [-0.25, -0.2) is 4.39 Å². The largest absolute Gasteiger partial charge is 0.416 e. The van der Waals surface area contributed by atoms with Crippen LogP contribution in [0.25, 0.3) is 11.1 Å². The molecule has 1 atom stereocenters. The van der Waals surface area contributed by atoms with Gasteiger partial charge in [0.15, 0.2) is 0 Å². The van der Waals surface area contributed by atoms with Crippen molar-refractivity contribution in [3.05, 3.63) is 89.7 Å². The summed E-state index contributed by atoms with van der Waals surface area (Å²) in [6, 6.07) is 17.9.